The summed E-state index contributed by atoms with van der Waals surface area (Å²) in [5, 5.41) is 0. The summed E-state index contributed by atoms with van der Waals surface area (Å²) in [5.41, 5.74) is 6.79. The molecule has 2 rings (SSSR count). The lowest BCUT2D eigenvalue weighted by Gasteiger charge is -2.20. The number of hydrogen-bond donors (Lipinski definition) is 1. The molecule has 100 valence electrons. The molecule has 0 spiro atoms. The Labute approximate surface area is 117 Å². The zero-order valence-corrected chi connectivity index (χ0v) is 12.3. The smallest absolute Gasteiger partial charge is 0.132 e. The van der Waals surface area contributed by atoms with Crippen LogP contribution in [-0.2, 0) is 11.3 Å². The first-order chi connectivity index (χ1) is 8.70. The summed E-state index contributed by atoms with van der Waals surface area (Å²) in [4.78, 5) is 6.52. The van der Waals surface area contributed by atoms with E-state index in [0.717, 1.165) is 41.5 Å². The summed E-state index contributed by atoms with van der Waals surface area (Å²) in [7, 11) is 2.02. The lowest BCUT2D eigenvalue weighted by atomic mass is 10.2. The largest absolute Gasteiger partial charge is 0.379 e. The van der Waals surface area contributed by atoms with Crippen LogP contribution in [0.25, 0.3) is 0 Å². The fourth-order valence-electron chi connectivity index (χ4n) is 1.81. The molecular weight excluding hydrogens is 294 g/mol. The quantitative estimate of drug-likeness (QED) is 0.784. The van der Waals surface area contributed by atoms with Crippen molar-refractivity contribution in [3.8, 4) is 0 Å². The van der Waals surface area contributed by atoms with Gasteiger partial charge in [0.05, 0.1) is 6.61 Å². The number of nitrogens with two attached hydrogens (primary N) is 1. The number of ether oxygens (including phenoxy) is 1. The Hall–Kier alpha value is -0.650. The van der Waals surface area contributed by atoms with Crippen molar-refractivity contribution in [1.29, 1.82) is 0 Å². The van der Waals surface area contributed by atoms with Gasteiger partial charge in [0.15, 0.2) is 0 Å². The molecule has 1 fully saturated rings. The van der Waals surface area contributed by atoms with Gasteiger partial charge in [0.25, 0.3) is 0 Å². The first-order valence-electron chi connectivity index (χ1n) is 6.34. The topological polar surface area (TPSA) is 51.4 Å². The third kappa shape index (κ3) is 3.93. The summed E-state index contributed by atoms with van der Waals surface area (Å²) >= 11 is 3.41. The number of rotatable bonds is 7. The Balaban J connectivity index is 1.84. The van der Waals surface area contributed by atoms with E-state index < -0.39 is 0 Å². The van der Waals surface area contributed by atoms with Crippen molar-refractivity contribution < 1.29 is 4.74 Å². The highest BCUT2D eigenvalue weighted by Gasteiger charge is 2.21. The average molecular weight is 314 g/mol. The number of hydrogen-bond acceptors (Lipinski definition) is 4. The van der Waals surface area contributed by atoms with Crippen LogP contribution >= 0.6 is 15.9 Å². The third-order valence-corrected chi connectivity index (χ3v) is 3.55. The van der Waals surface area contributed by atoms with Crippen molar-refractivity contribution in [3.05, 3.63) is 22.3 Å². The Morgan fingerprint density at radius 1 is 1.56 bits per heavy atom. The second-order valence-corrected chi connectivity index (χ2v) is 5.70. The van der Waals surface area contributed by atoms with E-state index in [-0.39, 0.29) is 0 Å². The SMILES string of the molecule is CN(CCOCC1CC1)c1ncc(Br)cc1CN. The molecule has 1 aromatic heterocycles. The lowest BCUT2D eigenvalue weighted by molar-refractivity contribution is 0.130. The number of pyridine rings is 1. The number of nitrogens with zero attached hydrogens (tertiary/aromatic N) is 2. The molecule has 0 saturated heterocycles. The van der Waals surface area contributed by atoms with E-state index >= 15 is 0 Å². The first kappa shape index (κ1) is 13.8. The number of halogens is 1. The molecule has 1 aliphatic carbocycles. The maximum atomic E-state index is 5.74. The fraction of sp³-hybridized carbons (Fsp3) is 0.615. The predicted octanol–water partition coefficient (Wildman–Crippen LogP) is 2.17. The molecule has 0 amide bonds. The molecule has 1 heterocycles. The number of aromatic nitrogens is 1. The van der Waals surface area contributed by atoms with Crippen molar-refractivity contribution >= 4 is 21.7 Å². The van der Waals surface area contributed by atoms with Gasteiger partial charge in [0, 0.05) is 43.0 Å². The molecule has 0 aromatic carbocycles. The Morgan fingerprint density at radius 3 is 3.00 bits per heavy atom. The van der Waals surface area contributed by atoms with Crippen molar-refractivity contribution in [2.45, 2.75) is 19.4 Å². The van der Waals surface area contributed by atoms with Gasteiger partial charge in [0.1, 0.15) is 5.82 Å². The van der Waals surface area contributed by atoms with Gasteiger partial charge in [-0.15, -0.1) is 0 Å². The van der Waals surface area contributed by atoms with Crippen LogP contribution in [-0.4, -0.2) is 31.8 Å². The second-order valence-electron chi connectivity index (χ2n) is 4.78. The number of likely N-dealkylation sites (N-methyl/N-ethyl adjacent to an activating group) is 1. The van der Waals surface area contributed by atoms with Gasteiger partial charge < -0.3 is 15.4 Å². The second kappa shape index (κ2) is 6.50. The van der Waals surface area contributed by atoms with E-state index in [1.807, 2.05) is 13.1 Å². The maximum Gasteiger partial charge on any atom is 0.132 e. The molecule has 0 aliphatic heterocycles. The molecule has 0 atom stereocenters. The minimum absolute atomic E-state index is 0.495. The van der Waals surface area contributed by atoms with Crippen molar-refractivity contribution in [2.75, 3.05) is 31.7 Å². The van der Waals surface area contributed by atoms with Gasteiger partial charge in [0.2, 0.25) is 0 Å². The van der Waals surface area contributed by atoms with Crippen LogP contribution in [0.3, 0.4) is 0 Å². The highest BCUT2D eigenvalue weighted by Crippen LogP contribution is 2.28. The zero-order valence-electron chi connectivity index (χ0n) is 10.7. The van der Waals surface area contributed by atoms with Crippen LogP contribution < -0.4 is 10.6 Å². The fourth-order valence-corrected chi connectivity index (χ4v) is 2.19. The molecule has 18 heavy (non-hydrogen) atoms. The summed E-state index contributed by atoms with van der Waals surface area (Å²) in [6, 6.07) is 2.02. The van der Waals surface area contributed by atoms with Crippen molar-refractivity contribution in [1.82, 2.24) is 4.98 Å². The van der Waals surface area contributed by atoms with E-state index in [1.165, 1.54) is 12.8 Å². The highest BCUT2D eigenvalue weighted by molar-refractivity contribution is 9.10. The first-order valence-corrected chi connectivity index (χ1v) is 7.13. The van der Waals surface area contributed by atoms with E-state index in [1.54, 1.807) is 6.20 Å². The maximum absolute atomic E-state index is 5.74. The molecule has 1 aromatic rings. The van der Waals surface area contributed by atoms with Gasteiger partial charge in [-0.25, -0.2) is 4.98 Å². The van der Waals surface area contributed by atoms with E-state index in [2.05, 4.69) is 25.8 Å². The molecular formula is C13H20BrN3O. The normalized spacial score (nSPS) is 14.8. The van der Waals surface area contributed by atoms with E-state index in [0.29, 0.717) is 6.54 Å². The van der Waals surface area contributed by atoms with Crippen LogP contribution in [0.5, 0.6) is 0 Å². The third-order valence-electron chi connectivity index (χ3n) is 3.11. The Bertz CT molecular complexity index is 396. The average Bonchev–Trinajstić information content (AvgIpc) is 3.18. The molecule has 1 aliphatic rings. The zero-order chi connectivity index (χ0) is 13.0. The standard InChI is InChI=1S/C13H20BrN3O/c1-17(4-5-18-9-10-2-3-10)13-11(7-15)6-12(14)8-16-13/h6,8,10H,2-5,7,9,15H2,1H3. The molecule has 5 heteroatoms. The van der Waals surface area contributed by atoms with Gasteiger partial charge in [-0.2, -0.15) is 0 Å². The Morgan fingerprint density at radius 2 is 2.33 bits per heavy atom. The van der Waals surface area contributed by atoms with Crippen LogP contribution in [0, 0.1) is 5.92 Å². The molecule has 1 saturated carbocycles. The summed E-state index contributed by atoms with van der Waals surface area (Å²) in [5.74, 6) is 1.76. The predicted molar refractivity (Wildman–Crippen MR) is 76.6 cm³/mol. The van der Waals surface area contributed by atoms with Crippen LogP contribution in [0.2, 0.25) is 0 Å². The molecule has 2 N–H and O–H groups in total. The number of anilines is 1. The summed E-state index contributed by atoms with van der Waals surface area (Å²) < 4.78 is 6.60. The van der Waals surface area contributed by atoms with Crippen LogP contribution in [0.15, 0.2) is 16.7 Å². The van der Waals surface area contributed by atoms with E-state index in [4.69, 9.17) is 10.5 Å². The van der Waals surface area contributed by atoms with Crippen LogP contribution in [0.1, 0.15) is 18.4 Å². The van der Waals surface area contributed by atoms with Gasteiger partial charge in [-0.1, -0.05) is 0 Å². The van der Waals surface area contributed by atoms with Crippen molar-refractivity contribution in [3.63, 3.8) is 0 Å². The van der Waals surface area contributed by atoms with Gasteiger partial charge in [-0.3, -0.25) is 0 Å². The van der Waals surface area contributed by atoms with E-state index in [9.17, 15) is 0 Å². The summed E-state index contributed by atoms with van der Waals surface area (Å²) in [6.45, 7) is 2.99. The van der Waals surface area contributed by atoms with Gasteiger partial charge in [-0.05, 0) is 40.8 Å². The molecule has 0 unspecified atom stereocenters. The monoisotopic (exact) mass is 313 g/mol. The van der Waals surface area contributed by atoms with Crippen LogP contribution in [0.4, 0.5) is 5.82 Å². The molecule has 4 nitrogen and oxygen atoms in total. The van der Waals surface area contributed by atoms with Crippen molar-refractivity contribution in [2.24, 2.45) is 11.7 Å². The highest BCUT2D eigenvalue weighted by atomic mass is 79.9. The minimum Gasteiger partial charge on any atom is -0.379 e. The Kier molecular flexibility index (Phi) is 4.97. The molecule has 0 bridgehead atoms. The summed E-state index contributed by atoms with van der Waals surface area (Å²) in [6.07, 6.45) is 4.47. The lowest BCUT2D eigenvalue weighted by Crippen LogP contribution is -2.25. The minimum atomic E-state index is 0.495. The molecule has 0 radical (unpaired) electrons. The van der Waals surface area contributed by atoms with Gasteiger partial charge >= 0.3 is 0 Å².